The van der Waals surface area contributed by atoms with E-state index in [1.54, 1.807) is 12.1 Å². The number of nitrogens with two attached hydrogens (primary N) is 2. The Balaban J connectivity index is 0.000000994. The van der Waals surface area contributed by atoms with Crippen molar-refractivity contribution < 1.29 is 5.11 Å². The van der Waals surface area contributed by atoms with E-state index in [0.29, 0.717) is 28.5 Å². The van der Waals surface area contributed by atoms with Crippen LogP contribution in [-0.4, -0.2) is 40.7 Å². The Morgan fingerprint density at radius 3 is 2.62 bits per heavy atom. The first-order valence-corrected chi connectivity index (χ1v) is 10.7. The number of anilines is 1. The van der Waals surface area contributed by atoms with E-state index in [4.69, 9.17) is 11.5 Å². The second-order valence-electron chi connectivity index (χ2n) is 8.41. The summed E-state index contributed by atoms with van der Waals surface area (Å²) in [6.07, 6.45) is 5.51. The summed E-state index contributed by atoms with van der Waals surface area (Å²) in [5.41, 5.74) is 17.8. The Bertz CT molecular complexity index is 904. The highest BCUT2D eigenvalue weighted by molar-refractivity contribution is 5.86. The van der Waals surface area contributed by atoms with Crippen molar-refractivity contribution in [2.24, 2.45) is 11.1 Å². The SMILES string of the molecule is CC.N/C(=C\c1c(N)[nH]c2c1CN(C1CC3(CNC3)C1)CC2)c1ccccc1O. The molecule has 2 fully saturated rings. The second kappa shape index (κ2) is 7.76. The number of fused-ring (bicyclic) bond motifs is 1. The Hall–Kier alpha value is -2.44. The lowest BCUT2D eigenvalue weighted by Crippen LogP contribution is -2.65. The lowest BCUT2D eigenvalue weighted by molar-refractivity contribution is -0.0409. The van der Waals surface area contributed by atoms with Gasteiger partial charge in [0.25, 0.3) is 0 Å². The Morgan fingerprint density at radius 1 is 1.24 bits per heavy atom. The highest BCUT2D eigenvalue weighted by atomic mass is 16.3. The normalized spacial score (nSPS) is 21.0. The van der Waals surface area contributed by atoms with E-state index in [2.05, 4.69) is 15.2 Å². The molecule has 1 aliphatic carbocycles. The largest absolute Gasteiger partial charge is 0.507 e. The van der Waals surface area contributed by atoms with Crippen LogP contribution in [0.5, 0.6) is 5.75 Å². The molecule has 2 aliphatic heterocycles. The van der Waals surface area contributed by atoms with Gasteiger partial charge >= 0.3 is 0 Å². The fraction of sp³-hybridized carbons (Fsp3) is 0.478. The predicted octanol–water partition coefficient (Wildman–Crippen LogP) is 2.90. The zero-order valence-electron chi connectivity index (χ0n) is 17.5. The number of hydrogen-bond acceptors (Lipinski definition) is 5. The van der Waals surface area contributed by atoms with Crippen molar-refractivity contribution in [1.82, 2.24) is 15.2 Å². The molecule has 6 nitrogen and oxygen atoms in total. The third-order valence-electron chi connectivity index (χ3n) is 6.64. The van der Waals surface area contributed by atoms with Gasteiger partial charge in [-0.2, -0.15) is 0 Å². The van der Waals surface area contributed by atoms with E-state index >= 15 is 0 Å². The van der Waals surface area contributed by atoms with Crippen molar-refractivity contribution in [3.8, 4) is 5.75 Å². The van der Waals surface area contributed by atoms with E-state index in [-0.39, 0.29) is 5.75 Å². The minimum Gasteiger partial charge on any atom is -0.507 e. The monoisotopic (exact) mass is 395 g/mol. The molecule has 0 atom stereocenters. The molecular weight excluding hydrogens is 362 g/mol. The van der Waals surface area contributed by atoms with Gasteiger partial charge in [-0.25, -0.2) is 0 Å². The van der Waals surface area contributed by atoms with E-state index in [9.17, 15) is 5.11 Å². The maximum Gasteiger partial charge on any atom is 0.124 e. The molecule has 5 rings (SSSR count). The number of nitrogen functional groups attached to an aromatic ring is 1. The molecule has 1 aromatic heterocycles. The van der Waals surface area contributed by atoms with Gasteiger partial charge in [0, 0.05) is 61.2 Å². The molecule has 156 valence electrons. The highest BCUT2D eigenvalue weighted by Crippen LogP contribution is 2.47. The van der Waals surface area contributed by atoms with E-state index in [0.717, 1.165) is 25.1 Å². The number of H-pyrrole nitrogens is 1. The molecule has 29 heavy (non-hydrogen) atoms. The Labute approximate surface area is 173 Å². The van der Waals surface area contributed by atoms with Gasteiger partial charge in [-0.15, -0.1) is 0 Å². The minimum absolute atomic E-state index is 0.185. The van der Waals surface area contributed by atoms with Crippen molar-refractivity contribution in [2.75, 3.05) is 25.4 Å². The molecule has 3 heterocycles. The fourth-order valence-corrected chi connectivity index (χ4v) is 4.95. The van der Waals surface area contributed by atoms with Gasteiger partial charge in [0.2, 0.25) is 0 Å². The first-order chi connectivity index (χ1) is 14.0. The zero-order chi connectivity index (χ0) is 20.6. The number of aromatic hydroxyl groups is 1. The van der Waals surface area contributed by atoms with Gasteiger partial charge in [0.1, 0.15) is 11.6 Å². The van der Waals surface area contributed by atoms with Gasteiger partial charge in [0.05, 0.1) is 0 Å². The molecule has 6 heteroatoms. The summed E-state index contributed by atoms with van der Waals surface area (Å²) in [6, 6.07) is 7.82. The van der Waals surface area contributed by atoms with Crippen molar-refractivity contribution in [2.45, 2.75) is 45.7 Å². The number of nitrogens with one attached hydrogen (secondary N) is 2. The lowest BCUT2D eigenvalue weighted by Gasteiger charge is -2.57. The lowest BCUT2D eigenvalue weighted by atomic mass is 9.61. The smallest absolute Gasteiger partial charge is 0.124 e. The summed E-state index contributed by atoms with van der Waals surface area (Å²) in [5.74, 6) is 0.846. The number of rotatable bonds is 3. The number of nitrogens with zero attached hydrogens (tertiary/aromatic N) is 1. The molecule has 1 saturated carbocycles. The van der Waals surface area contributed by atoms with Gasteiger partial charge in [-0.1, -0.05) is 26.0 Å². The van der Waals surface area contributed by atoms with Crippen LogP contribution < -0.4 is 16.8 Å². The van der Waals surface area contributed by atoms with Gasteiger partial charge in [-0.05, 0) is 42.0 Å². The van der Waals surface area contributed by atoms with Crippen LogP contribution in [0.25, 0.3) is 11.8 Å². The van der Waals surface area contributed by atoms with E-state index in [1.165, 1.54) is 37.2 Å². The first kappa shape index (κ1) is 19.9. The van der Waals surface area contributed by atoms with Crippen LogP contribution in [0.1, 0.15) is 49.1 Å². The maximum absolute atomic E-state index is 10.1. The van der Waals surface area contributed by atoms with E-state index in [1.807, 2.05) is 32.1 Å². The number of para-hydroxylation sites is 1. The van der Waals surface area contributed by atoms with Crippen molar-refractivity contribution in [3.63, 3.8) is 0 Å². The molecule has 0 radical (unpaired) electrons. The topological polar surface area (TPSA) is 103 Å². The Kier molecular flexibility index (Phi) is 5.32. The second-order valence-corrected chi connectivity index (χ2v) is 8.41. The molecule has 0 amide bonds. The third-order valence-corrected chi connectivity index (χ3v) is 6.64. The minimum atomic E-state index is 0.185. The fourth-order valence-electron chi connectivity index (χ4n) is 4.95. The van der Waals surface area contributed by atoms with Crippen LogP contribution in [0.3, 0.4) is 0 Å². The van der Waals surface area contributed by atoms with Crippen LogP contribution in [0.4, 0.5) is 5.82 Å². The molecule has 3 aliphatic rings. The van der Waals surface area contributed by atoms with Crippen LogP contribution in [0, 0.1) is 5.41 Å². The molecule has 2 aromatic rings. The number of phenols is 1. The molecule has 1 saturated heterocycles. The van der Waals surface area contributed by atoms with Crippen molar-refractivity contribution >= 4 is 17.6 Å². The summed E-state index contributed by atoms with van der Waals surface area (Å²) in [4.78, 5) is 5.95. The van der Waals surface area contributed by atoms with Gasteiger partial charge in [-0.3, -0.25) is 4.90 Å². The summed E-state index contributed by atoms with van der Waals surface area (Å²) >= 11 is 0. The molecule has 1 aromatic carbocycles. The highest BCUT2D eigenvalue weighted by Gasteiger charge is 2.50. The molecule has 0 bridgehead atoms. The van der Waals surface area contributed by atoms with Crippen molar-refractivity contribution in [1.29, 1.82) is 0 Å². The van der Waals surface area contributed by atoms with Crippen LogP contribution in [-0.2, 0) is 13.0 Å². The summed E-state index contributed by atoms with van der Waals surface area (Å²) in [6.45, 7) is 8.37. The summed E-state index contributed by atoms with van der Waals surface area (Å²) in [5, 5.41) is 13.5. The molecule has 0 unspecified atom stereocenters. The Morgan fingerprint density at radius 2 is 1.97 bits per heavy atom. The van der Waals surface area contributed by atoms with Crippen LogP contribution >= 0.6 is 0 Å². The first-order valence-electron chi connectivity index (χ1n) is 10.7. The summed E-state index contributed by atoms with van der Waals surface area (Å²) in [7, 11) is 0. The summed E-state index contributed by atoms with van der Waals surface area (Å²) < 4.78 is 0. The van der Waals surface area contributed by atoms with Crippen LogP contribution in [0.2, 0.25) is 0 Å². The molecular formula is C23H33N5O. The quantitative estimate of drug-likeness (QED) is 0.550. The molecule has 7 N–H and O–H groups in total. The predicted molar refractivity (Wildman–Crippen MR) is 119 cm³/mol. The molecule has 1 spiro atoms. The standard InChI is InChI=1S/C21H27N5O.C2H6/c22-17(14-3-1-2-4-19(14)27)7-15-16-10-26(6-5-18(16)25-20(15)23)13-8-21(9-13)11-24-12-21;1-2/h1-4,7,13,24-25,27H,5-6,8-12,22-23H2;1-2H3/b17-7-;. The number of benzene rings is 1. The van der Waals surface area contributed by atoms with Crippen molar-refractivity contribution in [3.05, 3.63) is 46.6 Å². The van der Waals surface area contributed by atoms with Gasteiger partial charge < -0.3 is 26.9 Å². The number of aromatic amines is 1. The van der Waals surface area contributed by atoms with Crippen LogP contribution in [0.15, 0.2) is 24.3 Å². The maximum atomic E-state index is 10.1. The average molecular weight is 396 g/mol. The number of phenolic OH excluding ortho intramolecular Hbond substituents is 1. The van der Waals surface area contributed by atoms with E-state index < -0.39 is 0 Å². The average Bonchev–Trinajstić information content (AvgIpc) is 2.96. The third kappa shape index (κ3) is 3.51. The van der Waals surface area contributed by atoms with Gasteiger partial charge in [0.15, 0.2) is 0 Å². The zero-order valence-corrected chi connectivity index (χ0v) is 17.5. The number of hydrogen-bond donors (Lipinski definition) is 5. The number of aromatic nitrogens is 1.